The largest absolute Gasteiger partial charge is 0.480 e. The van der Waals surface area contributed by atoms with Gasteiger partial charge in [0.2, 0.25) is 0 Å². The molecule has 0 saturated heterocycles. The van der Waals surface area contributed by atoms with Crippen LogP contribution in [0.4, 0.5) is 0 Å². The van der Waals surface area contributed by atoms with Gasteiger partial charge in [-0.15, -0.1) is 3.94 Å². The third-order valence-corrected chi connectivity index (χ3v) is 1.97. The van der Waals surface area contributed by atoms with Crippen molar-refractivity contribution >= 4 is 41.3 Å². The van der Waals surface area contributed by atoms with E-state index in [2.05, 4.69) is 0 Å². The van der Waals surface area contributed by atoms with Gasteiger partial charge in [0.05, 0.1) is 0 Å². The fourth-order valence-corrected chi connectivity index (χ4v) is 1.45. The smallest absolute Gasteiger partial charge is 0.324 e. The van der Waals surface area contributed by atoms with Crippen LogP contribution in [0.5, 0.6) is 0 Å². The number of nitrogens with zero attached hydrogens (tertiary/aromatic N) is 1. The predicted molar refractivity (Wildman–Crippen MR) is 43.4 cm³/mol. The van der Waals surface area contributed by atoms with Gasteiger partial charge in [-0.2, -0.15) is 11.8 Å². The average Bonchev–Trinajstić information content (AvgIpc) is 1.81. The molecule has 10 heavy (non-hydrogen) atoms. The Kier molecular flexibility index (Phi) is 5.25. The summed E-state index contributed by atoms with van der Waals surface area (Å²) >= 11 is 11.8. The lowest BCUT2D eigenvalue weighted by atomic mass is 10.4. The normalized spacial score (nSPS) is 13.6. The second-order valence-electron chi connectivity index (χ2n) is 1.57. The van der Waals surface area contributed by atoms with Crippen molar-refractivity contribution in [1.82, 2.24) is 3.94 Å². The highest BCUT2D eigenvalue weighted by Crippen LogP contribution is 2.11. The van der Waals surface area contributed by atoms with Crippen LogP contribution in [-0.2, 0) is 4.79 Å². The van der Waals surface area contributed by atoms with Crippen LogP contribution >= 0.6 is 35.3 Å². The first kappa shape index (κ1) is 10.4. The van der Waals surface area contributed by atoms with Gasteiger partial charge in [-0.05, 0) is 29.8 Å². The lowest BCUT2D eigenvalue weighted by Crippen LogP contribution is -2.31. The summed E-state index contributed by atoms with van der Waals surface area (Å²) in [4.78, 5) is 10.3. The zero-order valence-electron chi connectivity index (χ0n) is 5.25. The summed E-state index contributed by atoms with van der Waals surface area (Å²) in [7, 11) is 0. The molecule has 6 heteroatoms. The minimum atomic E-state index is -1.01. The zero-order valence-corrected chi connectivity index (χ0v) is 7.58. The molecule has 0 aliphatic carbocycles. The number of carbonyl (C=O) groups is 1. The van der Waals surface area contributed by atoms with Crippen LogP contribution in [0.15, 0.2) is 0 Å². The first-order valence-corrected chi connectivity index (χ1v) is 4.49. The molecule has 60 valence electrons. The Morgan fingerprint density at radius 2 is 2.30 bits per heavy atom. The SMILES string of the molecule is CSC[C@@H](C(=O)O)N(Cl)Cl. The number of hydrogen-bond acceptors (Lipinski definition) is 3. The topological polar surface area (TPSA) is 40.5 Å². The Morgan fingerprint density at radius 1 is 1.80 bits per heavy atom. The van der Waals surface area contributed by atoms with Gasteiger partial charge in [-0.25, -0.2) is 0 Å². The Labute approximate surface area is 73.5 Å². The molecule has 0 aliphatic heterocycles. The van der Waals surface area contributed by atoms with Gasteiger partial charge in [-0.3, -0.25) is 4.79 Å². The molecule has 0 spiro atoms. The van der Waals surface area contributed by atoms with Crippen LogP contribution < -0.4 is 0 Å². The van der Waals surface area contributed by atoms with Gasteiger partial charge in [-0.1, -0.05) is 0 Å². The molecule has 1 N–H and O–H groups in total. The number of halogens is 2. The van der Waals surface area contributed by atoms with Crippen LogP contribution in [0.3, 0.4) is 0 Å². The number of carboxylic acid groups (broad SMARTS) is 1. The van der Waals surface area contributed by atoms with Crippen molar-refractivity contribution in [3.8, 4) is 0 Å². The average molecular weight is 204 g/mol. The molecular weight excluding hydrogens is 197 g/mol. The summed E-state index contributed by atoms with van der Waals surface area (Å²) in [5.74, 6) is -0.637. The standard InChI is InChI=1S/C4H7Cl2NO2S/c1-10-2-3(4(8)9)7(5)6/h3H,2H2,1H3,(H,8,9)/t3-/m0/s1. The minimum absolute atomic E-state index is 0.377. The maximum atomic E-state index is 10.3. The molecule has 0 fully saturated rings. The van der Waals surface area contributed by atoms with Gasteiger partial charge in [0.15, 0.2) is 0 Å². The van der Waals surface area contributed by atoms with E-state index in [1.807, 2.05) is 0 Å². The quantitative estimate of drug-likeness (QED) is 0.703. The van der Waals surface area contributed by atoms with E-state index < -0.39 is 12.0 Å². The molecule has 0 unspecified atom stereocenters. The first-order valence-electron chi connectivity index (χ1n) is 2.42. The maximum absolute atomic E-state index is 10.3. The number of carboxylic acids is 1. The highest BCUT2D eigenvalue weighted by molar-refractivity contribution is 7.98. The van der Waals surface area contributed by atoms with Gasteiger partial charge in [0.25, 0.3) is 0 Å². The molecule has 3 nitrogen and oxygen atoms in total. The lowest BCUT2D eigenvalue weighted by Gasteiger charge is -2.12. The molecule has 0 aromatic rings. The van der Waals surface area contributed by atoms with Crippen LogP contribution in [0, 0.1) is 0 Å². The fourth-order valence-electron chi connectivity index (χ4n) is 0.369. The Morgan fingerprint density at radius 3 is 2.40 bits per heavy atom. The van der Waals surface area contributed by atoms with E-state index in [0.717, 1.165) is 0 Å². The van der Waals surface area contributed by atoms with E-state index in [9.17, 15) is 4.79 Å². The molecule has 0 radical (unpaired) electrons. The van der Waals surface area contributed by atoms with E-state index in [-0.39, 0.29) is 0 Å². The molecule has 0 aromatic carbocycles. The van der Waals surface area contributed by atoms with E-state index in [1.54, 1.807) is 6.26 Å². The fraction of sp³-hybridized carbons (Fsp3) is 0.750. The van der Waals surface area contributed by atoms with E-state index >= 15 is 0 Å². The Bertz CT molecular complexity index is 122. The van der Waals surface area contributed by atoms with Crippen LogP contribution in [-0.4, -0.2) is 33.1 Å². The second kappa shape index (κ2) is 5.07. The summed E-state index contributed by atoms with van der Waals surface area (Å²) in [5.41, 5.74) is 0. The number of hydrogen-bond donors (Lipinski definition) is 1. The summed E-state index contributed by atoms with van der Waals surface area (Å²) in [6.07, 6.45) is 1.78. The monoisotopic (exact) mass is 203 g/mol. The molecule has 0 amide bonds. The van der Waals surface area contributed by atoms with E-state index in [1.165, 1.54) is 11.8 Å². The summed E-state index contributed by atoms with van der Waals surface area (Å²) in [5, 5.41) is 8.45. The Balaban J connectivity index is 3.85. The van der Waals surface area contributed by atoms with Crippen molar-refractivity contribution in [3.05, 3.63) is 0 Å². The third kappa shape index (κ3) is 3.51. The number of thioether (sulfide) groups is 1. The van der Waals surface area contributed by atoms with E-state index in [4.69, 9.17) is 28.7 Å². The minimum Gasteiger partial charge on any atom is -0.480 e. The summed E-state index contributed by atoms with van der Waals surface area (Å²) in [6.45, 7) is 0. The van der Waals surface area contributed by atoms with Gasteiger partial charge >= 0.3 is 5.97 Å². The van der Waals surface area contributed by atoms with Crippen LogP contribution in [0.2, 0.25) is 0 Å². The van der Waals surface area contributed by atoms with Crippen molar-refractivity contribution in [3.63, 3.8) is 0 Å². The molecule has 0 saturated carbocycles. The van der Waals surface area contributed by atoms with Gasteiger partial charge < -0.3 is 5.11 Å². The molecule has 0 aromatic heterocycles. The third-order valence-electron chi connectivity index (χ3n) is 0.845. The summed E-state index contributed by atoms with van der Waals surface area (Å²) < 4.78 is 0.652. The highest BCUT2D eigenvalue weighted by Gasteiger charge is 2.22. The maximum Gasteiger partial charge on any atom is 0.324 e. The van der Waals surface area contributed by atoms with Gasteiger partial charge in [0.1, 0.15) is 6.04 Å². The van der Waals surface area contributed by atoms with Crippen LogP contribution in [0.25, 0.3) is 0 Å². The molecule has 0 bridgehead atoms. The van der Waals surface area contributed by atoms with Crippen molar-refractivity contribution in [2.24, 2.45) is 0 Å². The van der Waals surface area contributed by atoms with E-state index in [0.29, 0.717) is 9.69 Å². The second-order valence-corrected chi connectivity index (χ2v) is 3.38. The molecular formula is C4H7Cl2NO2S. The number of rotatable bonds is 4. The van der Waals surface area contributed by atoms with Crippen molar-refractivity contribution < 1.29 is 9.90 Å². The van der Waals surface area contributed by atoms with Crippen molar-refractivity contribution in [2.75, 3.05) is 12.0 Å². The first-order chi connectivity index (χ1) is 4.59. The van der Waals surface area contributed by atoms with Crippen molar-refractivity contribution in [2.45, 2.75) is 6.04 Å². The van der Waals surface area contributed by atoms with Crippen LogP contribution in [0.1, 0.15) is 0 Å². The predicted octanol–water partition coefficient (Wildman–Crippen LogP) is 1.41. The summed E-state index contributed by atoms with van der Waals surface area (Å²) in [6, 6.07) is -0.821. The lowest BCUT2D eigenvalue weighted by molar-refractivity contribution is -0.139. The highest BCUT2D eigenvalue weighted by atomic mass is 35.5. The molecule has 0 aliphatic rings. The zero-order chi connectivity index (χ0) is 8.15. The number of aliphatic carboxylic acids is 1. The van der Waals surface area contributed by atoms with Gasteiger partial charge in [0, 0.05) is 5.75 Å². The molecule has 0 heterocycles. The Hall–Kier alpha value is 0.360. The van der Waals surface area contributed by atoms with Crippen molar-refractivity contribution in [1.29, 1.82) is 0 Å². The molecule has 0 rings (SSSR count). The molecule has 1 atom stereocenters.